The van der Waals surface area contributed by atoms with Gasteiger partial charge in [-0.2, -0.15) is 4.31 Å². The first-order chi connectivity index (χ1) is 10.4. The third kappa shape index (κ3) is 3.23. The lowest BCUT2D eigenvalue weighted by atomic mass is 10.2. The number of hydrogen-bond donors (Lipinski definition) is 0. The van der Waals surface area contributed by atoms with Gasteiger partial charge in [-0.1, -0.05) is 0 Å². The summed E-state index contributed by atoms with van der Waals surface area (Å²) in [5.41, 5.74) is 0.867. The van der Waals surface area contributed by atoms with Crippen LogP contribution in [0.2, 0.25) is 0 Å². The normalized spacial score (nSPS) is 23.9. The van der Waals surface area contributed by atoms with Gasteiger partial charge in [0.1, 0.15) is 11.6 Å². The van der Waals surface area contributed by atoms with Crippen molar-refractivity contribution in [1.82, 2.24) is 14.3 Å². The van der Waals surface area contributed by atoms with E-state index in [0.29, 0.717) is 25.6 Å². The van der Waals surface area contributed by atoms with E-state index in [2.05, 4.69) is 14.9 Å². The average molecular weight is 326 g/mol. The molecule has 0 aliphatic carbocycles. The van der Waals surface area contributed by atoms with Gasteiger partial charge in [0.15, 0.2) is 0 Å². The first-order valence-electron chi connectivity index (χ1n) is 7.60. The van der Waals surface area contributed by atoms with Crippen molar-refractivity contribution in [3.63, 3.8) is 0 Å². The number of aryl methyl sites for hydroxylation is 1. The third-order valence-corrected chi connectivity index (χ3v) is 5.41. The van der Waals surface area contributed by atoms with Gasteiger partial charge in [0.05, 0.1) is 25.5 Å². The van der Waals surface area contributed by atoms with Gasteiger partial charge in [0.25, 0.3) is 0 Å². The van der Waals surface area contributed by atoms with Gasteiger partial charge >= 0.3 is 0 Å². The quantitative estimate of drug-likeness (QED) is 0.815. The number of rotatable bonds is 3. The Morgan fingerprint density at radius 1 is 1.23 bits per heavy atom. The molecule has 122 valence electrons. The van der Waals surface area contributed by atoms with Crippen LogP contribution in [0.3, 0.4) is 0 Å². The summed E-state index contributed by atoms with van der Waals surface area (Å²) >= 11 is 0. The smallest absolute Gasteiger partial charge is 0.211 e. The average Bonchev–Trinajstić information content (AvgIpc) is 2.97. The standard InChI is InChI=1S/C14H22N4O3S/c1-11-10-13(17-6-8-21-9-7-17)16-14(15-11)12-4-3-5-18(12)22(2,19)20/h10,12H,3-9H2,1-2H3. The molecule has 0 N–H and O–H groups in total. The SMILES string of the molecule is Cc1cc(N2CCOCC2)nc(C2CCCN2S(C)(=O)=O)n1. The molecule has 0 spiro atoms. The van der Waals surface area contributed by atoms with Crippen molar-refractivity contribution in [2.45, 2.75) is 25.8 Å². The molecular weight excluding hydrogens is 304 g/mol. The van der Waals surface area contributed by atoms with E-state index in [4.69, 9.17) is 4.74 Å². The zero-order chi connectivity index (χ0) is 15.7. The fraction of sp³-hybridized carbons (Fsp3) is 0.714. The third-order valence-electron chi connectivity index (χ3n) is 4.12. The van der Waals surface area contributed by atoms with Crippen LogP contribution < -0.4 is 4.90 Å². The molecule has 3 rings (SSSR count). The predicted molar refractivity (Wildman–Crippen MR) is 83.3 cm³/mol. The molecule has 0 amide bonds. The summed E-state index contributed by atoms with van der Waals surface area (Å²) < 4.78 is 30.8. The number of morpholine rings is 1. The van der Waals surface area contributed by atoms with Gasteiger partial charge < -0.3 is 9.64 Å². The van der Waals surface area contributed by atoms with Crippen LogP contribution in [0.4, 0.5) is 5.82 Å². The van der Waals surface area contributed by atoms with E-state index in [1.807, 2.05) is 13.0 Å². The van der Waals surface area contributed by atoms with Crippen LogP contribution in [0.5, 0.6) is 0 Å². The molecule has 2 aliphatic heterocycles. The fourth-order valence-corrected chi connectivity index (χ4v) is 4.20. The zero-order valence-electron chi connectivity index (χ0n) is 13.0. The number of hydrogen-bond acceptors (Lipinski definition) is 6. The molecule has 2 saturated heterocycles. The molecule has 1 aromatic rings. The summed E-state index contributed by atoms with van der Waals surface area (Å²) in [6, 6.07) is 1.71. The molecule has 0 radical (unpaired) electrons. The molecule has 2 fully saturated rings. The van der Waals surface area contributed by atoms with Crippen LogP contribution in [-0.4, -0.2) is 61.8 Å². The second-order valence-electron chi connectivity index (χ2n) is 5.86. The van der Waals surface area contributed by atoms with Gasteiger partial charge in [-0.15, -0.1) is 0 Å². The number of aromatic nitrogens is 2. The van der Waals surface area contributed by atoms with Crippen molar-refractivity contribution >= 4 is 15.8 Å². The van der Waals surface area contributed by atoms with E-state index in [1.54, 1.807) is 0 Å². The Morgan fingerprint density at radius 2 is 1.95 bits per heavy atom. The minimum Gasteiger partial charge on any atom is -0.378 e. The van der Waals surface area contributed by atoms with Crippen LogP contribution in [0.1, 0.15) is 30.4 Å². The number of sulfonamides is 1. The summed E-state index contributed by atoms with van der Waals surface area (Å²) in [5.74, 6) is 1.48. The van der Waals surface area contributed by atoms with Crippen molar-refractivity contribution in [3.8, 4) is 0 Å². The van der Waals surface area contributed by atoms with Gasteiger partial charge in [-0.25, -0.2) is 18.4 Å². The highest BCUT2D eigenvalue weighted by Crippen LogP contribution is 2.32. The van der Waals surface area contributed by atoms with Gasteiger partial charge in [-0.05, 0) is 19.8 Å². The summed E-state index contributed by atoms with van der Waals surface area (Å²) in [7, 11) is -3.23. The van der Waals surface area contributed by atoms with Crippen LogP contribution in [-0.2, 0) is 14.8 Å². The Balaban J connectivity index is 1.92. The van der Waals surface area contributed by atoms with Crippen molar-refractivity contribution in [1.29, 1.82) is 0 Å². The van der Waals surface area contributed by atoms with Crippen LogP contribution in [0.25, 0.3) is 0 Å². The van der Waals surface area contributed by atoms with Crippen molar-refractivity contribution in [2.75, 3.05) is 44.0 Å². The Kier molecular flexibility index (Phi) is 4.33. The number of anilines is 1. The molecular formula is C14H22N4O3S. The first-order valence-corrected chi connectivity index (χ1v) is 9.45. The minimum absolute atomic E-state index is 0.241. The molecule has 0 saturated carbocycles. The molecule has 1 unspecified atom stereocenters. The van der Waals surface area contributed by atoms with Crippen LogP contribution >= 0.6 is 0 Å². The van der Waals surface area contributed by atoms with Crippen molar-refractivity contribution in [3.05, 3.63) is 17.6 Å². The Hall–Kier alpha value is -1.25. The molecule has 3 heterocycles. The Bertz CT molecular complexity index is 643. The molecule has 0 bridgehead atoms. The molecule has 1 aromatic heterocycles. The molecule has 8 heteroatoms. The lowest BCUT2D eigenvalue weighted by Gasteiger charge is -2.29. The summed E-state index contributed by atoms with van der Waals surface area (Å²) in [6.45, 7) is 5.46. The minimum atomic E-state index is -3.23. The maximum atomic E-state index is 11.9. The maximum absolute atomic E-state index is 11.9. The maximum Gasteiger partial charge on any atom is 0.211 e. The van der Waals surface area contributed by atoms with Crippen molar-refractivity contribution < 1.29 is 13.2 Å². The number of nitrogens with zero attached hydrogens (tertiary/aromatic N) is 4. The van der Waals surface area contributed by atoms with E-state index in [-0.39, 0.29) is 6.04 Å². The topological polar surface area (TPSA) is 75.6 Å². The van der Waals surface area contributed by atoms with E-state index in [9.17, 15) is 8.42 Å². The lowest BCUT2D eigenvalue weighted by molar-refractivity contribution is 0.122. The van der Waals surface area contributed by atoms with Gasteiger partial charge in [0.2, 0.25) is 10.0 Å². The largest absolute Gasteiger partial charge is 0.378 e. The first kappa shape index (κ1) is 15.6. The van der Waals surface area contributed by atoms with Crippen molar-refractivity contribution in [2.24, 2.45) is 0 Å². The Morgan fingerprint density at radius 3 is 2.64 bits per heavy atom. The van der Waals surface area contributed by atoms with E-state index >= 15 is 0 Å². The Labute approximate surface area is 131 Å². The zero-order valence-corrected chi connectivity index (χ0v) is 13.8. The molecule has 22 heavy (non-hydrogen) atoms. The fourth-order valence-electron chi connectivity index (χ4n) is 3.07. The summed E-state index contributed by atoms with van der Waals surface area (Å²) in [5, 5.41) is 0. The summed E-state index contributed by atoms with van der Waals surface area (Å²) in [4.78, 5) is 11.3. The van der Waals surface area contributed by atoms with Crippen LogP contribution in [0.15, 0.2) is 6.07 Å². The van der Waals surface area contributed by atoms with E-state index in [0.717, 1.165) is 37.4 Å². The van der Waals surface area contributed by atoms with Gasteiger partial charge in [-0.3, -0.25) is 0 Å². The highest BCUT2D eigenvalue weighted by atomic mass is 32.2. The second-order valence-corrected chi connectivity index (χ2v) is 7.79. The molecule has 0 aromatic carbocycles. The highest BCUT2D eigenvalue weighted by Gasteiger charge is 2.35. The van der Waals surface area contributed by atoms with E-state index in [1.165, 1.54) is 10.6 Å². The molecule has 2 aliphatic rings. The van der Waals surface area contributed by atoms with Crippen LogP contribution in [0, 0.1) is 6.92 Å². The highest BCUT2D eigenvalue weighted by molar-refractivity contribution is 7.88. The van der Waals surface area contributed by atoms with E-state index < -0.39 is 10.0 Å². The molecule has 1 atom stereocenters. The predicted octanol–water partition coefficient (Wildman–Crippen LogP) is 0.718. The lowest BCUT2D eigenvalue weighted by Crippen LogP contribution is -2.37. The summed E-state index contributed by atoms with van der Waals surface area (Å²) in [6.07, 6.45) is 2.88. The second kappa shape index (κ2) is 6.10. The monoisotopic (exact) mass is 326 g/mol. The molecule has 7 nitrogen and oxygen atoms in total. The van der Waals surface area contributed by atoms with Gasteiger partial charge in [0, 0.05) is 31.4 Å². The number of ether oxygens (including phenoxy) is 1.